The molecule has 0 saturated carbocycles. The van der Waals surface area contributed by atoms with E-state index in [4.69, 9.17) is 4.74 Å². The van der Waals surface area contributed by atoms with Crippen molar-refractivity contribution in [1.29, 1.82) is 0 Å². The molecule has 452 valence electrons. The van der Waals surface area contributed by atoms with Gasteiger partial charge in [0.1, 0.15) is 48.3 Å². The second kappa shape index (κ2) is 30.4. The third-order valence-electron chi connectivity index (χ3n) is 14.8. The van der Waals surface area contributed by atoms with E-state index in [9.17, 15) is 53.1 Å². The molecule has 1 aromatic carbocycles. The molecule has 5 N–H and O–H groups in total. The maximum absolute atomic E-state index is 14.9. The zero-order valence-electron chi connectivity index (χ0n) is 49.9. The summed E-state index contributed by atoms with van der Waals surface area (Å²) in [5.41, 5.74) is -0.129. The van der Waals surface area contributed by atoms with Crippen LogP contribution in [0.15, 0.2) is 30.3 Å². The summed E-state index contributed by atoms with van der Waals surface area (Å²) >= 11 is 0. The standard InChI is InChI=1S/C57H94N10O12.4H2/c1-17-36(6)48-51(73)59-40(54(76)67-26-22-19-23-27-67)31-45(69)58-37(7)52(74)65(15)44(30-39-24-20-18-21-25-39)55(77)64(14)43(29-35(4)5)50(72)61-47(38(8)68)56(78)62(12)32-46(70)63(13)42(28-34(2)3)49(71)60-41(53(75)66(48)16)33-79-57(9,10)11;;;;/h18,20-21,24-25,34-38,40-44,47-48,68H,17,19,22-23,26-33H2,1-16H3,(H,58,69)(H,59,73)(H,60,71)(H,61,72);4*1H/t36-,37-,38+,40-,41-,42-,43-,44-,47-,48-;;;;/m0..../s1. The Balaban J connectivity index is 0. The van der Waals surface area contributed by atoms with Crippen LogP contribution in [0.2, 0.25) is 0 Å². The molecule has 2 fully saturated rings. The fourth-order valence-corrected chi connectivity index (χ4v) is 9.83. The molecule has 1 aromatic rings. The highest BCUT2D eigenvalue weighted by Gasteiger charge is 2.42. The van der Waals surface area contributed by atoms with Gasteiger partial charge in [0.2, 0.25) is 59.1 Å². The highest BCUT2D eigenvalue weighted by molar-refractivity contribution is 5.99. The van der Waals surface area contributed by atoms with Crippen LogP contribution in [0.5, 0.6) is 0 Å². The van der Waals surface area contributed by atoms with E-state index in [1.54, 1.807) is 62.9 Å². The molecule has 0 bridgehead atoms. The third kappa shape index (κ3) is 19.6. The van der Waals surface area contributed by atoms with Crippen LogP contribution >= 0.6 is 0 Å². The van der Waals surface area contributed by atoms with E-state index >= 15 is 0 Å². The Morgan fingerprint density at radius 3 is 1.76 bits per heavy atom. The van der Waals surface area contributed by atoms with Crippen LogP contribution in [0.25, 0.3) is 0 Å². The Hall–Kier alpha value is -6.16. The smallest absolute Gasteiger partial charge is 0.248 e. The van der Waals surface area contributed by atoms with Crippen molar-refractivity contribution < 1.29 is 63.5 Å². The van der Waals surface area contributed by atoms with E-state index in [1.807, 2.05) is 34.6 Å². The van der Waals surface area contributed by atoms with Gasteiger partial charge in [-0.3, -0.25) is 47.9 Å². The lowest BCUT2D eigenvalue weighted by Gasteiger charge is -2.37. The Morgan fingerprint density at radius 2 is 1.23 bits per heavy atom. The van der Waals surface area contributed by atoms with Crippen molar-refractivity contribution in [3.8, 4) is 0 Å². The summed E-state index contributed by atoms with van der Waals surface area (Å²) < 4.78 is 6.09. The molecule has 0 unspecified atom stereocenters. The molecule has 10 atom stereocenters. The molecule has 22 nitrogen and oxygen atoms in total. The van der Waals surface area contributed by atoms with Crippen LogP contribution in [0.3, 0.4) is 0 Å². The van der Waals surface area contributed by atoms with Gasteiger partial charge in [-0.1, -0.05) is 78.3 Å². The normalized spacial score (nSPS) is 26.1. The predicted molar refractivity (Wildman–Crippen MR) is 307 cm³/mol. The van der Waals surface area contributed by atoms with Crippen molar-refractivity contribution in [2.24, 2.45) is 17.8 Å². The highest BCUT2D eigenvalue weighted by atomic mass is 16.5. The van der Waals surface area contributed by atoms with Crippen molar-refractivity contribution >= 4 is 59.1 Å². The molecule has 0 radical (unpaired) electrons. The highest BCUT2D eigenvalue weighted by Crippen LogP contribution is 2.22. The average molecular weight is 1120 g/mol. The molecule has 2 saturated heterocycles. The third-order valence-corrected chi connectivity index (χ3v) is 14.8. The van der Waals surface area contributed by atoms with Crippen molar-refractivity contribution in [3.63, 3.8) is 0 Å². The number of aliphatic hydroxyl groups excluding tert-OH is 1. The van der Waals surface area contributed by atoms with E-state index in [2.05, 4.69) is 21.3 Å². The SMILES string of the molecule is CC[C@H](C)[C@H]1C(=O)N[C@H](C(=O)N2CCCCC2)CC(=O)N[C@@H](C)C(=O)N(C)[C@@H](Cc2ccccc2)C(=O)N(C)[C@@H](CC(C)C)C(=O)N[C@@H]([C@@H](C)O)C(=O)N(C)CC(=O)N(C)[C@@H](CC(C)C)C(=O)N[C@@H](COC(C)(C)C)C(=O)N1C.[HH].[HH].[HH].[HH]. The lowest BCUT2D eigenvalue weighted by molar-refractivity contribution is -0.150. The molecule has 0 aliphatic carbocycles. The fourth-order valence-electron chi connectivity index (χ4n) is 9.83. The topological polar surface area (TPSA) is 268 Å². The monoisotopic (exact) mass is 1120 g/mol. The zero-order chi connectivity index (χ0) is 59.8. The number of likely N-dealkylation sites (tertiary alicyclic amines) is 1. The summed E-state index contributed by atoms with van der Waals surface area (Å²) in [5, 5.41) is 22.0. The molecule has 22 heteroatoms. The quantitative estimate of drug-likeness (QED) is 0.202. The minimum atomic E-state index is -1.60. The summed E-state index contributed by atoms with van der Waals surface area (Å²) in [6.07, 6.45) is 0.780. The van der Waals surface area contributed by atoms with Crippen molar-refractivity contribution in [2.75, 3.05) is 61.5 Å². The number of rotatable bonds is 12. The second-order valence-corrected chi connectivity index (χ2v) is 23.5. The Bertz CT molecular complexity index is 2290. The Labute approximate surface area is 474 Å². The van der Waals surface area contributed by atoms with E-state index in [0.717, 1.165) is 11.3 Å². The number of hydrogen-bond donors (Lipinski definition) is 5. The second-order valence-electron chi connectivity index (χ2n) is 23.5. The number of likely N-dealkylation sites (N-methyl/N-ethyl adjacent to an activating group) is 5. The summed E-state index contributed by atoms with van der Waals surface area (Å²) in [4.78, 5) is 153. The molecule has 79 heavy (non-hydrogen) atoms. The number of ether oxygens (including phenoxy) is 1. The number of carbonyl (C=O) groups excluding carboxylic acids is 10. The molecule has 0 spiro atoms. The number of nitrogens with zero attached hydrogens (tertiary/aromatic N) is 6. The average Bonchev–Trinajstić information content (AvgIpc) is 3.39. The van der Waals surface area contributed by atoms with Gasteiger partial charge in [-0.25, -0.2) is 0 Å². The lowest BCUT2D eigenvalue weighted by atomic mass is 9.95. The summed E-state index contributed by atoms with van der Waals surface area (Å²) in [7, 11) is 6.92. The van der Waals surface area contributed by atoms with E-state index < -0.39 is 138 Å². The van der Waals surface area contributed by atoms with Gasteiger partial charge in [-0.2, -0.15) is 0 Å². The molecule has 2 aliphatic heterocycles. The lowest BCUT2D eigenvalue weighted by Crippen LogP contribution is -2.62. The molecular weight excluding hydrogens is 1020 g/mol. The van der Waals surface area contributed by atoms with Crippen LogP contribution in [0, 0.1) is 17.8 Å². The van der Waals surface area contributed by atoms with Crippen LogP contribution in [-0.2, 0) is 59.1 Å². The molecule has 3 rings (SSSR count). The minimum absolute atomic E-state index is 0. The maximum atomic E-state index is 14.9. The van der Waals surface area contributed by atoms with E-state index in [-0.39, 0.29) is 43.4 Å². The van der Waals surface area contributed by atoms with Gasteiger partial charge >= 0.3 is 0 Å². The van der Waals surface area contributed by atoms with Crippen LogP contribution in [0.1, 0.15) is 132 Å². The summed E-state index contributed by atoms with van der Waals surface area (Å²) in [6.45, 7) is 18.8. The van der Waals surface area contributed by atoms with Crippen LogP contribution in [0.4, 0.5) is 0 Å². The molecule has 10 amide bonds. The first-order valence-corrected chi connectivity index (χ1v) is 28.0. The first-order valence-electron chi connectivity index (χ1n) is 28.0. The minimum Gasteiger partial charge on any atom is -0.391 e. The van der Waals surface area contributed by atoms with Crippen molar-refractivity contribution in [2.45, 2.75) is 188 Å². The molecule has 0 aromatic heterocycles. The molecule has 2 aliphatic rings. The van der Waals surface area contributed by atoms with Gasteiger partial charge in [0, 0.05) is 60.5 Å². The fraction of sp³-hybridized carbons (Fsp3) is 0.719. The van der Waals surface area contributed by atoms with E-state index in [0.29, 0.717) is 37.9 Å². The van der Waals surface area contributed by atoms with Gasteiger partial charge in [0.05, 0.1) is 31.3 Å². The molecular formula is C57H102N10O12. The van der Waals surface area contributed by atoms with Gasteiger partial charge in [0.15, 0.2) is 0 Å². The first kappa shape index (κ1) is 67.1. The number of hydrogen-bond acceptors (Lipinski definition) is 12. The van der Waals surface area contributed by atoms with Gasteiger partial charge in [0.25, 0.3) is 0 Å². The number of benzene rings is 1. The number of nitrogens with one attached hydrogen (secondary N) is 4. The number of amides is 10. The molecule has 2 heterocycles. The Morgan fingerprint density at radius 1 is 0.684 bits per heavy atom. The van der Waals surface area contributed by atoms with Crippen LogP contribution < -0.4 is 21.3 Å². The summed E-state index contributed by atoms with van der Waals surface area (Å²) in [6, 6.07) is -1.77. The largest absolute Gasteiger partial charge is 0.391 e. The first-order chi connectivity index (χ1) is 36.8. The number of aliphatic hydroxyl groups is 1. The van der Waals surface area contributed by atoms with Gasteiger partial charge in [-0.15, -0.1) is 0 Å². The van der Waals surface area contributed by atoms with Gasteiger partial charge < -0.3 is 60.5 Å². The zero-order valence-corrected chi connectivity index (χ0v) is 49.9. The van der Waals surface area contributed by atoms with Crippen molar-refractivity contribution in [1.82, 2.24) is 50.7 Å². The van der Waals surface area contributed by atoms with Gasteiger partial charge in [-0.05, 0) is 90.0 Å². The maximum Gasteiger partial charge on any atom is 0.248 e. The van der Waals surface area contributed by atoms with Crippen LogP contribution in [-0.4, -0.2) is 215 Å². The number of piperidine rings is 1. The number of carbonyl (C=O) groups is 10. The van der Waals surface area contributed by atoms with Crippen molar-refractivity contribution in [3.05, 3.63) is 35.9 Å². The Kier molecular flexibility index (Phi) is 25.9. The summed E-state index contributed by atoms with van der Waals surface area (Å²) in [5.74, 6) is -8.06. The predicted octanol–water partition coefficient (Wildman–Crippen LogP) is 2.69. The van der Waals surface area contributed by atoms with E-state index in [1.165, 1.54) is 68.7 Å².